The van der Waals surface area contributed by atoms with Gasteiger partial charge < -0.3 is 5.11 Å². The highest BCUT2D eigenvalue weighted by Crippen LogP contribution is 2.44. The van der Waals surface area contributed by atoms with Gasteiger partial charge >= 0.3 is 0 Å². The molecular weight excluding hydrogens is 152 g/mol. The zero-order valence-electron chi connectivity index (χ0n) is 7.12. The van der Waals surface area contributed by atoms with Gasteiger partial charge in [0.15, 0.2) is 0 Å². The minimum atomic E-state index is -0.258. The molecule has 0 aromatic carbocycles. The van der Waals surface area contributed by atoms with Crippen LogP contribution in [0.2, 0.25) is 0 Å². The normalized spacial score (nSPS) is 40.8. The predicted molar refractivity (Wildman–Crippen MR) is 45.3 cm³/mol. The van der Waals surface area contributed by atoms with Gasteiger partial charge in [-0.25, -0.2) is 4.79 Å². The van der Waals surface area contributed by atoms with Crippen molar-refractivity contribution in [2.45, 2.75) is 38.2 Å². The van der Waals surface area contributed by atoms with Crippen LogP contribution in [-0.2, 0) is 4.79 Å². The van der Waals surface area contributed by atoms with Crippen LogP contribution in [0.5, 0.6) is 0 Å². The van der Waals surface area contributed by atoms with Crippen molar-refractivity contribution in [2.24, 2.45) is 11.8 Å². The van der Waals surface area contributed by atoms with E-state index in [-0.39, 0.29) is 12.0 Å². The summed E-state index contributed by atoms with van der Waals surface area (Å²) in [6, 6.07) is 0. The number of fused-ring (bicyclic) bond motifs is 1. The van der Waals surface area contributed by atoms with Crippen LogP contribution >= 0.6 is 0 Å². The lowest BCUT2D eigenvalue weighted by molar-refractivity contribution is 0.126. The SMILES string of the molecule is O=C=C1CCCC2CCC(O)C12. The number of aliphatic hydroxyl groups excluding tert-OH is 1. The number of hydrogen-bond acceptors (Lipinski definition) is 2. The first-order valence-corrected chi connectivity index (χ1v) is 4.75. The Balaban J connectivity index is 2.23. The van der Waals surface area contributed by atoms with Crippen LogP contribution in [0.4, 0.5) is 0 Å². The van der Waals surface area contributed by atoms with Crippen molar-refractivity contribution in [3.05, 3.63) is 5.57 Å². The van der Waals surface area contributed by atoms with Gasteiger partial charge in [-0.1, -0.05) is 0 Å². The summed E-state index contributed by atoms with van der Waals surface area (Å²) in [6.45, 7) is 0. The summed E-state index contributed by atoms with van der Waals surface area (Å²) < 4.78 is 0. The van der Waals surface area contributed by atoms with E-state index in [1.165, 1.54) is 6.42 Å². The maximum Gasteiger partial charge on any atom is 0.123 e. The molecule has 0 heterocycles. The molecule has 2 aliphatic rings. The molecule has 1 N–H and O–H groups in total. The molecule has 0 radical (unpaired) electrons. The smallest absolute Gasteiger partial charge is 0.123 e. The maximum atomic E-state index is 10.6. The van der Waals surface area contributed by atoms with Crippen LogP contribution in [0.25, 0.3) is 0 Å². The van der Waals surface area contributed by atoms with E-state index in [1.807, 2.05) is 5.94 Å². The molecule has 2 saturated carbocycles. The Morgan fingerprint density at radius 3 is 2.92 bits per heavy atom. The fourth-order valence-electron chi connectivity index (χ4n) is 2.74. The quantitative estimate of drug-likeness (QED) is 0.551. The highest BCUT2D eigenvalue weighted by Gasteiger charge is 2.39. The van der Waals surface area contributed by atoms with Gasteiger partial charge in [0.25, 0.3) is 0 Å². The lowest BCUT2D eigenvalue weighted by Gasteiger charge is -2.27. The average Bonchev–Trinajstić information content (AvgIpc) is 2.48. The average molecular weight is 166 g/mol. The van der Waals surface area contributed by atoms with Gasteiger partial charge in [0.1, 0.15) is 5.94 Å². The Labute approximate surface area is 72.3 Å². The van der Waals surface area contributed by atoms with Crippen LogP contribution in [0.3, 0.4) is 0 Å². The molecule has 2 rings (SSSR count). The third-order valence-electron chi connectivity index (χ3n) is 3.31. The molecule has 66 valence electrons. The third kappa shape index (κ3) is 1.12. The summed E-state index contributed by atoms with van der Waals surface area (Å²) >= 11 is 0. The molecular formula is C10H14O2. The molecule has 3 unspecified atom stereocenters. The second-order valence-corrected chi connectivity index (χ2v) is 3.95. The van der Waals surface area contributed by atoms with E-state index in [0.717, 1.165) is 31.3 Å². The Bertz CT molecular complexity index is 226. The lowest BCUT2D eigenvalue weighted by Crippen LogP contribution is -2.25. The zero-order valence-corrected chi connectivity index (χ0v) is 7.12. The first-order valence-electron chi connectivity index (χ1n) is 4.75. The van der Waals surface area contributed by atoms with E-state index in [9.17, 15) is 9.90 Å². The molecule has 2 aliphatic carbocycles. The molecule has 0 aromatic rings. The van der Waals surface area contributed by atoms with Crippen molar-refractivity contribution >= 4 is 5.94 Å². The molecule has 2 nitrogen and oxygen atoms in total. The number of aliphatic hydroxyl groups is 1. The standard InChI is InChI=1S/C10H14O2/c11-6-8-3-1-2-7-4-5-9(12)10(7)8/h7,9-10,12H,1-5H2. The van der Waals surface area contributed by atoms with E-state index in [4.69, 9.17) is 0 Å². The van der Waals surface area contributed by atoms with Crippen LogP contribution in [-0.4, -0.2) is 17.2 Å². The van der Waals surface area contributed by atoms with E-state index in [2.05, 4.69) is 0 Å². The monoisotopic (exact) mass is 166 g/mol. The maximum absolute atomic E-state index is 10.6. The lowest BCUT2D eigenvalue weighted by atomic mass is 9.78. The topological polar surface area (TPSA) is 37.3 Å². The van der Waals surface area contributed by atoms with Crippen molar-refractivity contribution in [3.63, 3.8) is 0 Å². The van der Waals surface area contributed by atoms with Crippen LogP contribution in [0, 0.1) is 11.8 Å². The van der Waals surface area contributed by atoms with Crippen LogP contribution < -0.4 is 0 Å². The molecule has 2 heteroatoms. The molecule has 0 aromatic heterocycles. The van der Waals surface area contributed by atoms with Gasteiger partial charge in [-0.2, -0.15) is 0 Å². The minimum Gasteiger partial charge on any atom is -0.392 e. The van der Waals surface area contributed by atoms with E-state index in [0.29, 0.717) is 5.92 Å². The fraction of sp³-hybridized carbons (Fsp3) is 0.800. The number of carbonyl (C=O) groups excluding carboxylic acids is 1. The molecule has 0 spiro atoms. The first-order chi connectivity index (χ1) is 5.83. The Hall–Kier alpha value is -0.590. The first kappa shape index (κ1) is 8.03. The second kappa shape index (κ2) is 3.04. The highest BCUT2D eigenvalue weighted by molar-refractivity contribution is 5.54. The molecule has 12 heavy (non-hydrogen) atoms. The van der Waals surface area contributed by atoms with E-state index < -0.39 is 0 Å². The van der Waals surface area contributed by atoms with Crippen molar-refractivity contribution in [3.8, 4) is 0 Å². The van der Waals surface area contributed by atoms with Crippen molar-refractivity contribution < 1.29 is 9.90 Å². The number of hydrogen-bond donors (Lipinski definition) is 1. The summed E-state index contributed by atoms with van der Waals surface area (Å²) in [6.07, 6.45) is 4.87. The van der Waals surface area contributed by atoms with Gasteiger partial charge in [-0.05, 0) is 38.0 Å². The van der Waals surface area contributed by atoms with Crippen LogP contribution in [0.15, 0.2) is 5.57 Å². The molecule has 0 bridgehead atoms. The Morgan fingerprint density at radius 1 is 1.33 bits per heavy atom. The molecule has 2 fully saturated rings. The summed E-state index contributed by atoms with van der Waals surface area (Å²) in [7, 11) is 0. The van der Waals surface area contributed by atoms with Crippen molar-refractivity contribution in [2.75, 3.05) is 0 Å². The largest absolute Gasteiger partial charge is 0.392 e. The zero-order chi connectivity index (χ0) is 8.55. The second-order valence-electron chi connectivity index (χ2n) is 3.95. The van der Waals surface area contributed by atoms with Gasteiger partial charge in [-0.15, -0.1) is 0 Å². The summed E-state index contributed by atoms with van der Waals surface area (Å²) in [4.78, 5) is 10.6. The fourth-order valence-corrected chi connectivity index (χ4v) is 2.74. The Kier molecular flexibility index (Phi) is 2.03. The summed E-state index contributed by atoms with van der Waals surface area (Å²) in [5.74, 6) is 2.75. The third-order valence-corrected chi connectivity index (χ3v) is 3.31. The molecule has 0 amide bonds. The van der Waals surface area contributed by atoms with Gasteiger partial charge in [0.2, 0.25) is 0 Å². The van der Waals surface area contributed by atoms with Gasteiger partial charge in [0, 0.05) is 11.5 Å². The molecule has 3 atom stereocenters. The van der Waals surface area contributed by atoms with Gasteiger partial charge in [0.05, 0.1) is 6.10 Å². The summed E-state index contributed by atoms with van der Waals surface area (Å²) in [5.41, 5.74) is 0.844. The minimum absolute atomic E-state index is 0.163. The summed E-state index contributed by atoms with van der Waals surface area (Å²) in [5, 5.41) is 9.63. The van der Waals surface area contributed by atoms with Crippen molar-refractivity contribution in [1.82, 2.24) is 0 Å². The highest BCUT2D eigenvalue weighted by atomic mass is 16.3. The molecule has 0 saturated heterocycles. The molecule has 0 aliphatic heterocycles. The van der Waals surface area contributed by atoms with E-state index in [1.54, 1.807) is 0 Å². The van der Waals surface area contributed by atoms with E-state index >= 15 is 0 Å². The van der Waals surface area contributed by atoms with Crippen molar-refractivity contribution in [1.29, 1.82) is 0 Å². The van der Waals surface area contributed by atoms with Crippen LogP contribution in [0.1, 0.15) is 32.1 Å². The number of rotatable bonds is 0. The van der Waals surface area contributed by atoms with Gasteiger partial charge in [-0.3, -0.25) is 0 Å². The predicted octanol–water partition coefficient (Wildman–Crippen LogP) is 1.32. The Morgan fingerprint density at radius 2 is 2.17 bits per heavy atom.